The molecule has 0 saturated carbocycles. The number of carbonyl (C=O) groups is 1. The maximum absolute atomic E-state index is 11.9. The number of hydrogen-bond acceptors (Lipinski definition) is 3. The third-order valence-corrected chi connectivity index (χ3v) is 4.67. The maximum Gasteiger partial charge on any atom is 0.408 e. The topological polar surface area (TPSA) is 72.8 Å². The predicted octanol–water partition coefficient (Wildman–Crippen LogP) is 3.52. The Labute approximate surface area is 152 Å². The lowest BCUT2D eigenvalue weighted by atomic mass is 9.94. The third-order valence-electron chi connectivity index (χ3n) is 4.67. The van der Waals surface area contributed by atoms with Gasteiger partial charge in [-0.15, -0.1) is 0 Å². The summed E-state index contributed by atoms with van der Waals surface area (Å²) >= 11 is 0. The van der Waals surface area contributed by atoms with Crippen LogP contribution in [0.1, 0.15) is 53.5 Å². The molecule has 0 bridgehead atoms. The molecule has 0 aliphatic carbocycles. The highest BCUT2D eigenvalue weighted by Crippen LogP contribution is 2.23. The lowest BCUT2D eigenvalue weighted by Gasteiger charge is -2.42. The number of carboxylic acid groups (broad SMARTS) is 1. The largest absolute Gasteiger partial charge is 0.465 e. The van der Waals surface area contributed by atoms with Gasteiger partial charge in [0.05, 0.1) is 12.1 Å². The summed E-state index contributed by atoms with van der Waals surface area (Å²) < 4.78 is 0. The molecule has 2 atom stereocenters. The van der Waals surface area contributed by atoms with E-state index in [4.69, 9.17) is 0 Å². The van der Waals surface area contributed by atoms with Crippen LogP contribution in [0.25, 0.3) is 0 Å². The van der Waals surface area contributed by atoms with Crippen LogP contribution in [0.5, 0.6) is 0 Å². The smallest absolute Gasteiger partial charge is 0.408 e. The number of amides is 1. The molecular formula is C20H34N2O3. The minimum absolute atomic E-state index is 0.103. The van der Waals surface area contributed by atoms with Crippen LogP contribution in [0.3, 0.4) is 0 Å². The SMILES string of the molecule is CCC(C)(C)NC[C@H](O)[C@H](Cc1ccccc1)N(C(=O)O)C(C)(C)C. The highest BCUT2D eigenvalue weighted by Gasteiger charge is 2.37. The average molecular weight is 351 g/mol. The second kappa shape index (κ2) is 8.68. The van der Waals surface area contributed by atoms with Crippen LogP contribution in [0.15, 0.2) is 30.3 Å². The van der Waals surface area contributed by atoms with Crippen molar-refractivity contribution in [3.05, 3.63) is 35.9 Å². The van der Waals surface area contributed by atoms with Crippen LogP contribution < -0.4 is 5.32 Å². The minimum Gasteiger partial charge on any atom is -0.465 e. The number of nitrogens with one attached hydrogen (secondary N) is 1. The van der Waals surface area contributed by atoms with Crippen LogP contribution in [0, 0.1) is 0 Å². The first-order valence-corrected chi connectivity index (χ1v) is 8.97. The monoisotopic (exact) mass is 350 g/mol. The first-order chi connectivity index (χ1) is 11.5. The molecular weight excluding hydrogens is 316 g/mol. The number of aliphatic hydroxyl groups is 1. The summed E-state index contributed by atoms with van der Waals surface area (Å²) in [4.78, 5) is 13.3. The van der Waals surface area contributed by atoms with Crippen molar-refractivity contribution < 1.29 is 15.0 Å². The summed E-state index contributed by atoms with van der Waals surface area (Å²) in [6, 6.07) is 9.19. The molecule has 0 radical (unpaired) electrons. The molecule has 0 aliphatic rings. The summed E-state index contributed by atoms with van der Waals surface area (Å²) in [7, 11) is 0. The number of β-amino-alcohol motifs (C(OH)–C–C–N with tert-alkyl or cyclic N) is 1. The fraction of sp³-hybridized carbons (Fsp3) is 0.650. The molecule has 1 rings (SSSR count). The lowest BCUT2D eigenvalue weighted by molar-refractivity contribution is 0.00546. The van der Waals surface area contributed by atoms with E-state index in [0.29, 0.717) is 13.0 Å². The molecule has 5 nitrogen and oxygen atoms in total. The molecule has 1 amide bonds. The summed E-state index contributed by atoms with van der Waals surface area (Å²) in [5.41, 5.74) is 0.303. The Morgan fingerprint density at radius 3 is 2.16 bits per heavy atom. The zero-order valence-corrected chi connectivity index (χ0v) is 16.4. The Hall–Kier alpha value is -1.59. The Kier molecular flexibility index (Phi) is 7.44. The van der Waals surface area contributed by atoms with Gasteiger partial charge in [0.25, 0.3) is 0 Å². The van der Waals surface area contributed by atoms with Crippen molar-refractivity contribution in [3.63, 3.8) is 0 Å². The van der Waals surface area contributed by atoms with Crippen molar-refractivity contribution in [1.82, 2.24) is 10.2 Å². The lowest BCUT2D eigenvalue weighted by Crippen LogP contribution is -2.59. The van der Waals surface area contributed by atoms with Gasteiger partial charge >= 0.3 is 6.09 Å². The highest BCUT2D eigenvalue weighted by atomic mass is 16.4. The van der Waals surface area contributed by atoms with Gasteiger partial charge in [-0.1, -0.05) is 37.3 Å². The van der Waals surface area contributed by atoms with Crippen molar-refractivity contribution in [2.45, 2.75) is 77.6 Å². The molecule has 0 aliphatic heterocycles. The van der Waals surface area contributed by atoms with Gasteiger partial charge in [-0.25, -0.2) is 4.79 Å². The van der Waals surface area contributed by atoms with Crippen molar-refractivity contribution in [1.29, 1.82) is 0 Å². The Morgan fingerprint density at radius 2 is 1.72 bits per heavy atom. The van der Waals surface area contributed by atoms with Crippen molar-refractivity contribution in [2.24, 2.45) is 0 Å². The molecule has 3 N–H and O–H groups in total. The molecule has 1 aromatic carbocycles. The number of hydrogen-bond donors (Lipinski definition) is 3. The van der Waals surface area contributed by atoms with E-state index in [1.807, 2.05) is 51.1 Å². The number of rotatable bonds is 8. The zero-order valence-electron chi connectivity index (χ0n) is 16.4. The molecule has 0 unspecified atom stereocenters. The van der Waals surface area contributed by atoms with E-state index < -0.39 is 23.8 Å². The van der Waals surface area contributed by atoms with Gasteiger partial charge < -0.3 is 15.5 Å². The van der Waals surface area contributed by atoms with Gasteiger partial charge in [-0.05, 0) is 53.0 Å². The Morgan fingerprint density at radius 1 is 1.16 bits per heavy atom. The number of benzene rings is 1. The fourth-order valence-electron chi connectivity index (χ4n) is 2.82. The molecule has 0 fully saturated rings. The standard InChI is InChI=1S/C20H34N2O3/c1-7-20(5,6)21-14-17(23)16(13-15-11-9-8-10-12-15)22(18(24)25)19(2,3)4/h8-12,16-17,21,23H,7,13-14H2,1-6H3,(H,24,25)/t16-,17-/m0/s1. The molecule has 0 spiro atoms. The normalized spacial score (nSPS) is 14.8. The molecule has 25 heavy (non-hydrogen) atoms. The molecule has 0 saturated heterocycles. The van der Waals surface area contributed by atoms with E-state index in [2.05, 4.69) is 26.1 Å². The Bertz CT molecular complexity index is 538. The summed E-state index contributed by atoms with van der Waals surface area (Å²) in [5, 5.41) is 24.0. The first kappa shape index (κ1) is 21.5. The minimum atomic E-state index is -1.01. The summed E-state index contributed by atoms with van der Waals surface area (Å²) in [5.74, 6) is 0. The van der Waals surface area contributed by atoms with E-state index >= 15 is 0 Å². The maximum atomic E-state index is 11.9. The van der Waals surface area contributed by atoms with E-state index in [0.717, 1.165) is 12.0 Å². The molecule has 142 valence electrons. The number of nitrogens with zero attached hydrogens (tertiary/aromatic N) is 1. The van der Waals surface area contributed by atoms with Crippen molar-refractivity contribution >= 4 is 6.09 Å². The highest BCUT2D eigenvalue weighted by molar-refractivity contribution is 5.66. The summed E-state index contributed by atoms with van der Waals surface area (Å²) in [6.07, 6.45) is -0.422. The Balaban J connectivity index is 3.07. The van der Waals surface area contributed by atoms with Crippen LogP contribution in [-0.4, -0.2) is 51.0 Å². The first-order valence-electron chi connectivity index (χ1n) is 8.97. The van der Waals surface area contributed by atoms with Crippen LogP contribution in [-0.2, 0) is 6.42 Å². The number of aliphatic hydroxyl groups excluding tert-OH is 1. The van der Waals surface area contributed by atoms with Crippen LogP contribution in [0.4, 0.5) is 4.79 Å². The zero-order chi connectivity index (χ0) is 19.3. The molecule has 0 heterocycles. The van der Waals surface area contributed by atoms with Crippen LogP contribution in [0.2, 0.25) is 0 Å². The molecule has 0 aromatic heterocycles. The molecule has 5 heteroatoms. The quantitative estimate of drug-likeness (QED) is 0.671. The van der Waals surface area contributed by atoms with E-state index in [9.17, 15) is 15.0 Å². The van der Waals surface area contributed by atoms with Gasteiger partial charge in [0.15, 0.2) is 0 Å². The second-order valence-corrected chi connectivity index (χ2v) is 8.27. The molecule has 1 aromatic rings. The van der Waals surface area contributed by atoms with Gasteiger partial charge in [-0.2, -0.15) is 0 Å². The average Bonchev–Trinajstić information content (AvgIpc) is 2.51. The van der Waals surface area contributed by atoms with E-state index in [1.54, 1.807) is 0 Å². The van der Waals surface area contributed by atoms with Crippen LogP contribution >= 0.6 is 0 Å². The second-order valence-electron chi connectivity index (χ2n) is 8.27. The fourth-order valence-corrected chi connectivity index (χ4v) is 2.82. The van der Waals surface area contributed by atoms with E-state index in [1.165, 1.54) is 4.90 Å². The van der Waals surface area contributed by atoms with Crippen molar-refractivity contribution in [2.75, 3.05) is 6.54 Å². The third kappa shape index (κ3) is 6.67. The van der Waals surface area contributed by atoms with E-state index in [-0.39, 0.29) is 5.54 Å². The van der Waals surface area contributed by atoms with Gasteiger partial charge in [-0.3, -0.25) is 4.90 Å². The van der Waals surface area contributed by atoms with Gasteiger partial charge in [0, 0.05) is 17.6 Å². The summed E-state index contributed by atoms with van der Waals surface area (Å²) in [6.45, 7) is 12.1. The predicted molar refractivity (Wildman–Crippen MR) is 102 cm³/mol. The van der Waals surface area contributed by atoms with Gasteiger partial charge in [0.1, 0.15) is 0 Å². The van der Waals surface area contributed by atoms with Gasteiger partial charge in [0.2, 0.25) is 0 Å². The van der Waals surface area contributed by atoms with Crippen molar-refractivity contribution in [3.8, 4) is 0 Å².